The summed E-state index contributed by atoms with van der Waals surface area (Å²) in [5, 5.41) is 20.4. The number of hydrogen-bond donors (Lipinski definition) is 8. The fraction of sp³-hybridized carbons (Fsp3) is 0.692. The number of nitrogens with one attached hydrogen (secondary N) is 1. The molecule has 0 saturated carbocycles. The van der Waals surface area contributed by atoms with Crippen LogP contribution in [0, 0.1) is 0 Å². The molecule has 1 fully saturated rings. The van der Waals surface area contributed by atoms with Gasteiger partial charge in [0.05, 0.1) is 12.2 Å². The number of nitrogens with zero attached hydrogens (tertiary/aromatic N) is 1. The van der Waals surface area contributed by atoms with E-state index in [-0.39, 0.29) is 12.1 Å². The highest BCUT2D eigenvalue weighted by Gasteiger charge is 2.47. The minimum atomic E-state index is -5.75. The highest BCUT2D eigenvalue weighted by atomic mass is 31.3. The van der Waals surface area contributed by atoms with E-state index in [9.17, 15) is 38.4 Å². The fourth-order valence-corrected chi connectivity index (χ4v) is 5.97. The van der Waals surface area contributed by atoms with Gasteiger partial charge in [-0.25, -0.2) is 18.5 Å². The van der Waals surface area contributed by atoms with Crippen molar-refractivity contribution in [1.29, 1.82) is 0 Å². The molecule has 0 aromatic carbocycles. The average molecular weight is 555 g/mol. The van der Waals surface area contributed by atoms with E-state index in [0.29, 0.717) is 19.4 Å². The van der Waals surface area contributed by atoms with E-state index >= 15 is 0 Å². The van der Waals surface area contributed by atoms with Crippen LogP contribution in [0.4, 0.5) is 0 Å². The Morgan fingerprint density at radius 1 is 1.03 bits per heavy atom. The minimum Gasteiger partial charge on any atom is -0.387 e. The van der Waals surface area contributed by atoms with Gasteiger partial charge in [0.2, 0.25) is 0 Å². The number of aliphatic hydroxyl groups is 2. The number of hydrogen-bond acceptors (Lipinski definition) is 12. The van der Waals surface area contributed by atoms with Crippen LogP contribution in [0.15, 0.2) is 15.8 Å². The molecule has 0 amide bonds. The molecular formula is C13H24N3O15P3. The van der Waals surface area contributed by atoms with Gasteiger partial charge in [-0.05, 0) is 19.4 Å². The predicted molar refractivity (Wildman–Crippen MR) is 109 cm³/mol. The van der Waals surface area contributed by atoms with Crippen molar-refractivity contribution in [1.82, 2.24) is 9.55 Å². The van der Waals surface area contributed by atoms with Gasteiger partial charge >= 0.3 is 29.2 Å². The van der Waals surface area contributed by atoms with Gasteiger partial charge in [0.25, 0.3) is 5.56 Å². The van der Waals surface area contributed by atoms with Crippen molar-refractivity contribution in [2.45, 2.75) is 43.8 Å². The van der Waals surface area contributed by atoms with Crippen LogP contribution < -0.4 is 17.0 Å². The maximum Gasteiger partial charge on any atom is 0.490 e. The Bertz CT molecular complexity index is 1110. The number of ether oxygens (including phenoxy) is 1. The lowest BCUT2D eigenvalue weighted by atomic mass is 10.0. The zero-order valence-corrected chi connectivity index (χ0v) is 19.8. The molecule has 1 aromatic heterocycles. The highest BCUT2D eigenvalue weighted by Crippen LogP contribution is 2.66. The first-order chi connectivity index (χ1) is 15.6. The van der Waals surface area contributed by atoms with Crippen molar-refractivity contribution >= 4 is 23.5 Å². The molecule has 0 spiro atoms. The number of phosphoric acid groups is 3. The standard InChI is InChI=1S/C13H24N3O15P3/c14-3-1-2-4-16-5-7(12(19)15-13(16)20)11-10(18)9(17)8(29-11)6-28-33(24,25)31-34(26,27)30-32(21,22)23/h5,8-11,17-18H,1-4,6,14H2,(H,24,25)(H,26,27)(H,15,19,20)(H2,21,22,23)/t8-,9-,10-,11+/m1/s1. The normalized spacial score (nSPS) is 26.8. The fourth-order valence-electron chi connectivity index (χ4n) is 2.94. The van der Waals surface area contributed by atoms with Crippen LogP contribution in [0.1, 0.15) is 24.5 Å². The predicted octanol–water partition coefficient (Wildman–Crippen LogP) is -2.22. The number of rotatable bonds is 12. The zero-order chi connectivity index (χ0) is 25.9. The quantitative estimate of drug-likeness (QED) is 0.100. The summed E-state index contributed by atoms with van der Waals surface area (Å²) in [4.78, 5) is 61.8. The van der Waals surface area contributed by atoms with E-state index < -0.39 is 65.7 Å². The number of aliphatic hydroxyl groups excluding tert-OH is 2. The Labute approximate surface area is 190 Å². The van der Waals surface area contributed by atoms with Crippen LogP contribution in [0.5, 0.6) is 0 Å². The van der Waals surface area contributed by atoms with Crippen molar-refractivity contribution < 1.29 is 61.4 Å². The lowest BCUT2D eigenvalue weighted by molar-refractivity contribution is -0.0228. The molecule has 9 N–H and O–H groups in total. The number of nitrogens with two attached hydrogens (primary N) is 1. The number of unbranched alkanes of at least 4 members (excludes halogenated alkanes) is 1. The van der Waals surface area contributed by atoms with E-state index in [1.165, 1.54) is 0 Å². The summed E-state index contributed by atoms with van der Waals surface area (Å²) in [6.07, 6.45) is -4.44. The van der Waals surface area contributed by atoms with Gasteiger partial charge < -0.3 is 44.8 Å². The van der Waals surface area contributed by atoms with Crippen molar-refractivity contribution in [3.8, 4) is 0 Å². The summed E-state index contributed by atoms with van der Waals surface area (Å²) in [6, 6.07) is 0. The number of phosphoric ester groups is 1. The van der Waals surface area contributed by atoms with E-state index in [2.05, 4.69) is 13.1 Å². The largest absolute Gasteiger partial charge is 0.490 e. The molecule has 18 nitrogen and oxygen atoms in total. The SMILES string of the molecule is NCCCCn1cc([C@@H]2O[C@H](COP(=O)(O)OP(=O)(O)OP(=O)(O)O)[C@@H](O)[C@H]2O)c(=O)[nH]c1=O. The second kappa shape index (κ2) is 11.3. The van der Waals surface area contributed by atoms with Crippen molar-refractivity contribution in [2.75, 3.05) is 13.2 Å². The van der Waals surface area contributed by atoms with Crippen LogP contribution >= 0.6 is 23.5 Å². The summed E-state index contributed by atoms with van der Waals surface area (Å²) >= 11 is 0. The van der Waals surface area contributed by atoms with Crippen LogP contribution in [0.3, 0.4) is 0 Å². The zero-order valence-electron chi connectivity index (χ0n) is 17.1. The lowest BCUT2D eigenvalue weighted by Gasteiger charge is -2.19. The first-order valence-electron chi connectivity index (χ1n) is 9.39. The van der Waals surface area contributed by atoms with Gasteiger partial charge in [-0.2, -0.15) is 8.62 Å². The smallest absolute Gasteiger partial charge is 0.387 e. The summed E-state index contributed by atoms with van der Waals surface area (Å²) in [5.41, 5.74) is 3.49. The molecule has 1 aliphatic rings. The second-order valence-corrected chi connectivity index (χ2v) is 11.4. The molecule has 2 rings (SSSR count). The van der Waals surface area contributed by atoms with Gasteiger partial charge in [-0.15, -0.1) is 0 Å². The monoisotopic (exact) mass is 555 g/mol. The minimum absolute atomic E-state index is 0.181. The third kappa shape index (κ3) is 8.26. The molecule has 1 aromatic rings. The van der Waals surface area contributed by atoms with Crippen LogP contribution in [0.2, 0.25) is 0 Å². The topological polar surface area (TPSA) is 290 Å². The van der Waals surface area contributed by atoms with Crippen LogP contribution in [0.25, 0.3) is 0 Å². The molecule has 34 heavy (non-hydrogen) atoms. The van der Waals surface area contributed by atoms with Crippen LogP contribution in [-0.2, 0) is 38.1 Å². The van der Waals surface area contributed by atoms with E-state index in [0.717, 1.165) is 10.8 Å². The Hall–Kier alpha value is -1.07. The van der Waals surface area contributed by atoms with Crippen molar-refractivity contribution in [3.05, 3.63) is 32.6 Å². The van der Waals surface area contributed by atoms with E-state index in [1.807, 2.05) is 4.98 Å². The summed E-state index contributed by atoms with van der Waals surface area (Å²) < 4.78 is 51.7. The summed E-state index contributed by atoms with van der Waals surface area (Å²) in [7, 11) is -16.8. The first-order valence-corrected chi connectivity index (χ1v) is 13.9. The molecular weight excluding hydrogens is 531 g/mol. The van der Waals surface area contributed by atoms with Gasteiger partial charge in [0.15, 0.2) is 0 Å². The lowest BCUT2D eigenvalue weighted by Crippen LogP contribution is -2.36. The maximum atomic E-state index is 12.2. The molecule has 1 aliphatic heterocycles. The third-order valence-electron chi connectivity index (χ3n) is 4.38. The molecule has 2 unspecified atom stereocenters. The molecule has 21 heteroatoms. The van der Waals surface area contributed by atoms with Gasteiger partial charge in [-0.3, -0.25) is 14.3 Å². The first kappa shape index (κ1) is 29.2. The molecule has 6 atom stereocenters. The van der Waals surface area contributed by atoms with Gasteiger partial charge in [0.1, 0.15) is 24.4 Å². The molecule has 1 saturated heterocycles. The Morgan fingerprint density at radius 2 is 1.68 bits per heavy atom. The molecule has 0 radical (unpaired) electrons. The number of aromatic nitrogens is 2. The Morgan fingerprint density at radius 3 is 2.26 bits per heavy atom. The van der Waals surface area contributed by atoms with Crippen LogP contribution in [-0.4, -0.2) is 70.8 Å². The number of H-pyrrole nitrogens is 1. The third-order valence-corrected chi connectivity index (χ3v) is 8.18. The van der Waals surface area contributed by atoms with E-state index in [1.54, 1.807) is 0 Å². The molecule has 2 heterocycles. The Kier molecular flexibility index (Phi) is 9.72. The number of aromatic amines is 1. The number of aryl methyl sites for hydroxylation is 1. The van der Waals surface area contributed by atoms with Gasteiger partial charge in [-0.1, -0.05) is 0 Å². The summed E-state index contributed by atoms with van der Waals surface area (Å²) in [6.45, 7) is -0.494. The summed E-state index contributed by atoms with van der Waals surface area (Å²) in [5.74, 6) is 0. The van der Waals surface area contributed by atoms with Gasteiger partial charge in [0, 0.05) is 12.7 Å². The molecule has 0 bridgehead atoms. The molecule has 0 aliphatic carbocycles. The second-order valence-electron chi connectivity index (χ2n) is 7.00. The average Bonchev–Trinajstić information content (AvgIpc) is 2.94. The van der Waals surface area contributed by atoms with E-state index in [4.69, 9.17) is 25.2 Å². The Balaban J connectivity index is 2.12. The van der Waals surface area contributed by atoms with Crippen molar-refractivity contribution in [3.63, 3.8) is 0 Å². The maximum absolute atomic E-state index is 12.2. The highest BCUT2D eigenvalue weighted by molar-refractivity contribution is 7.66. The van der Waals surface area contributed by atoms with Crippen molar-refractivity contribution in [2.24, 2.45) is 5.73 Å². The molecule has 196 valence electrons.